The Morgan fingerprint density at radius 1 is 1.00 bits per heavy atom. The van der Waals surface area contributed by atoms with Crippen LogP contribution in [-0.2, 0) is 16.6 Å². The Hall–Kier alpha value is -4.86. The number of hydrogen-bond donors (Lipinski definition) is 5. The highest BCUT2D eigenvalue weighted by Crippen LogP contribution is 2.39. The summed E-state index contributed by atoms with van der Waals surface area (Å²) in [6.45, 7) is 2.15. The van der Waals surface area contributed by atoms with Crippen LogP contribution in [0.5, 0.6) is 0 Å². The third-order valence-electron chi connectivity index (χ3n) is 8.37. The molecular formula is C32H36N6O4. The summed E-state index contributed by atoms with van der Waals surface area (Å²) in [6.07, 6.45) is 7.31. The highest BCUT2D eigenvalue weighted by Gasteiger charge is 2.39. The molecule has 1 atom stereocenters. The molecule has 1 fully saturated rings. The minimum absolute atomic E-state index is 0.0812. The van der Waals surface area contributed by atoms with Crippen LogP contribution < -0.4 is 21.7 Å². The molecule has 3 aromatic carbocycles. The number of hydrogen-bond acceptors (Lipinski definition) is 5. The lowest BCUT2D eigenvalue weighted by Gasteiger charge is -2.39. The monoisotopic (exact) mass is 568 g/mol. The molecule has 5 rings (SSSR count). The van der Waals surface area contributed by atoms with Crippen molar-refractivity contribution in [1.82, 2.24) is 15.6 Å². The van der Waals surface area contributed by atoms with Gasteiger partial charge in [-0.25, -0.2) is 4.79 Å². The molecule has 1 aliphatic rings. The topological polar surface area (TPSA) is 155 Å². The molecule has 3 amide bonds. The number of anilines is 2. The second-order valence-electron chi connectivity index (χ2n) is 11.4. The van der Waals surface area contributed by atoms with Crippen LogP contribution in [0.2, 0.25) is 0 Å². The zero-order valence-corrected chi connectivity index (χ0v) is 23.6. The van der Waals surface area contributed by atoms with Crippen molar-refractivity contribution in [3.8, 4) is 0 Å². The van der Waals surface area contributed by atoms with Gasteiger partial charge in [0.1, 0.15) is 5.54 Å². The van der Waals surface area contributed by atoms with Crippen molar-refractivity contribution in [2.75, 3.05) is 17.6 Å². The van der Waals surface area contributed by atoms with Crippen LogP contribution in [0.4, 0.5) is 21.9 Å². The molecular weight excluding hydrogens is 532 g/mol. The minimum atomic E-state index is -1.31. The van der Waals surface area contributed by atoms with Gasteiger partial charge in [0.05, 0.1) is 4.92 Å². The Bertz CT molecular complexity index is 1570. The molecule has 0 spiro atoms. The summed E-state index contributed by atoms with van der Waals surface area (Å²) < 4.78 is 0. The summed E-state index contributed by atoms with van der Waals surface area (Å²) in [5.74, 6) is -0.299. The standard InChI is InChI=1S/C32H36N6O4/c1-31(19-22-20-34-28-8-4-3-7-27(22)28,37-30(40)36-25-13-15-26(16-14-25)38(41)42)29(39)35-21-32(17-5-2-6-18-32)23-9-11-24(33)12-10-23/h3-4,7-16,20,34H,2,5-6,17-19,21,33H2,1H3,(H,35,39)(H2,36,37,40)/t31-/m0/s1. The molecule has 4 aromatic rings. The molecule has 0 saturated heterocycles. The number of nitro groups is 1. The van der Waals surface area contributed by atoms with E-state index < -0.39 is 16.5 Å². The van der Waals surface area contributed by atoms with Crippen LogP contribution in [0.15, 0.2) is 79.0 Å². The van der Waals surface area contributed by atoms with Crippen LogP contribution in [0.3, 0.4) is 0 Å². The number of rotatable bonds is 9. The van der Waals surface area contributed by atoms with Gasteiger partial charge in [-0.3, -0.25) is 14.9 Å². The molecule has 1 aromatic heterocycles. The van der Waals surface area contributed by atoms with Gasteiger partial charge in [-0.2, -0.15) is 0 Å². The van der Waals surface area contributed by atoms with E-state index >= 15 is 0 Å². The molecule has 1 saturated carbocycles. The predicted octanol–water partition coefficient (Wildman–Crippen LogP) is 5.80. The fraction of sp³-hybridized carbons (Fsp3) is 0.312. The van der Waals surface area contributed by atoms with E-state index in [2.05, 4.69) is 20.9 Å². The second kappa shape index (κ2) is 11.9. The van der Waals surface area contributed by atoms with E-state index in [1.807, 2.05) is 54.7 Å². The summed E-state index contributed by atoms with van der Waals surface area (Å²) in [4.78, 5) is 41.0. The highest BCUT2D eigenvalue weighted by atomic mass is 16.6. The number of urea groups is 1. The number of carbonyl (C=O) groups is 2. The largest absolute Gasteiger partial charge is 0.399 e. The number of benzene rings is 3. The lowest BCUT2D eigenvalue weighted by atomic mass is 9.69. The Kier molecular flexibility index (Phi) is 8.15. The number of nitro benzene ring substituents is 1. The predicted molar refractivity (Wildman–Crippen MR) is 164 cm³/mol. The number of nitrogens with zero attached hydrogens (tertiary/aromatic N) is 1. The van der Waals surface area contributed by atoms with Gasteiger partial charge in [-0.05, 0) is 61.2 Å². The number of H-pyrrole nitrogens is 1. The first-order valence-electron chi connectivity index (χ1n) is 14.2. The average Bonchev–Trinajstić information content (AvgIpc) is 3.39. The lowest BCUT2D eigenvalue weighted by Crippen LogP contribution is -2.60. The Morgan fingerprint density at radius 3 is 2.38 bits per heavy atom. The van der Waals surface area contributed by atoms with Gasteiger partial charge in [0.15, 0.2) is 0 Å². The number of nitrogens with one attached hydrogen (secondary N) is 4. The van der Waals surface area contributed by atoms with E-state index in [1.165, 1.54) is 24.3 Å². The van der Waals surface area contributed by atoms with Crippen LogP contribution >= 0.6 is 0 Å². The maximum Gasteiger partial charge on any atom is 0.320 e. The molecule has 218 valence electrons. The maximum atomic E-state index is 14.0. The Labute approximate surface area is 244 Å². The molecule has 0 bridgehead atoms. The van der Waals surface area contributed by atoms with Crippen LogP contribution in [-0.4, -0.2) is 33.9 Å². The normalized spacial score (nSPS) is 15.8. The number of nitrogen functional groups attached to an aromatic ring is 1. The summed E-state index contributed by atoms with van der Waals surface area (Å²) in [6, 6.07) is 20.7. The zero-order chi connectivity index (χ0) is 29.7. The fourth-order valence-electron chi connectivity index (χ4n) is 6.00. The first-order chi connectivity index (χ1) is 20.2. The van der Waals surface area contributed by atoms with E-state index in [0.717, 1.165) is 54.1 Å². The molecule has 42 heavy (non-hydrogen) atoms. The van der Waals surface area contributed by atoms with Crippen molar-refractivity contribution in [1.29, 1.82) is 0 Å². The van der Waals surface area contributed by atoms with E-state index in [9.17, 15) is 19.7 Å². The molecule has 0 aliphatic heterocycles. The van der Waals surface area contributed by atoms with Gasteiger partial charge >= 0.3 is 6.03 Å². The first-order valence-corrected chi connectivity index (χ1v) is 14.2. The number of nitrogens with two attached hydrogens (primary N) is 1. The third-order valence-corrected chi connectivity index (χ3v) is 8.37. The number of aromatic nitrogens is 1. The maximum absolute atomic E-state index is 14.0. The molecule has 6 N–H and O–H groups in total. The lowest BCUT2D eigenvalue weighted by molar-refractivity contribution is -0.384. The van der Waals surface area contributed by atoms with Crippen molar-refractivity contribution in [3.63, 3.8) is 0 Å². The van der Waals surface area contributed by atoms with Gasteiger partial charge in [-0.1, -0.05) is 49.6 Å². The van der Waals surface area contributed by atoms with E-state index in [4.69, 9.17) is 5.73 Å². The summed E-state index contributed by atoms with van der Waals surface area (Å²) in [7, 11) is 0. The number of amides is 3. The van der Waals surface area contributed by atoms with E-state index in [1.54, 1.807) is 6.92 Å². The number of non-ortho nitro benzene ring substituents is 1. The smallest absolute Gasteiger partial charge is 0.320 e. The average molecular weight is 569 g/mol. The van der Waals surface area contributed by atoms with Crippen molar-refractivity contribution < 1.29 is 14.5 Å². The molecule has 10 nitrogen and oxygen atoms in total. The Balaban J connectivity index is 1.39. The summed E-state index contributed by atoms with van der Waals surface area (Å²) >= 11 is 0. The SMILES string of the molecule is C[C@@](Cc1c[nH]c2ccccc12)(NC(=O)Nc1ccc([N+](=O)[O-])cc1)C(=O)NCC1(c2ccc(N)cc2)CCCCC1. The molecule has 1 aliphatic carbocycles. The van der Waals surface area contributed by atoms with Gasteiger partial charge < -0.3 is 26.7 Å². The van der Waals surface area contributed by atoms with Crippen molar-refractivity contribution in [3.05, 3.63) is 100 Å². The summed E-state index contributed by atoms with van der Waals surface area (Å²) in [5, 5.41) is 20.8. The van der Waals surface area contributed by atoms with Gasteiger partial charge in [-0.15, -0.1) is 0 Å². The van der Waals surface area contributed by atoms with Gasteiger partial charge in [0.2, 0.25) is 5.91 Å². The second-order valence-corrected chi connectivity index (χ2v) is 11.4. The quantitative estimate of drug-likeness (QED) is 0.0980. The van der Waals surface area contributed by atoms with Gasteiger partial charge in [0, 0.05) is 59.0 Å². The minimum Gasteiger partial charge on any atom is -0.399 e. The first kappa shape index (κ1) is 28.7. The van der Waals surface area contributed by atoms with Crippen molar-refractivity contribution in [2.45, 2.75) is 56.4 Å². The Morgan fingerprint density at radius 2 is 1.69 bits per heavy atom. The van der Waals surface area contributed by atoms with E-state index in [0.29, 0.717) is 17.9 Å². The summed E-state index contributed by atoms with van der Waals surface area (Å²) in [5.41, 5.74) is 8.40. The van der Waals surface area contributed by atoms with Crippen LogP contribution in [0.25, 0.3) is 10.9 Å². The van der Waals surface area contributed by atoms with Crippen molar-refractivity contribution >= 4 is 39.9 Å². The third kappa shape index (κ3) is 6.22. The van der Waals surface area contributed by atoms with Crippen LogP contribution in [0, 0.1) is 10.1 Å². The van der Waals surface area contributed by atoms with Gasteiger partial charge in [0.25, 0.3) is 5.69 Å². The molecule has 10 heteroatoms. The van der Waals surface area contributed by atoms with Crippen LogP contribution in [0.1, 0.15) is 50.2 Å². The molecule has 1 heterocycles. The van der Waals surface area contributed by atoms with Crippen molar-refractivity contribution in [2.24, 2.45) is 0 Å². The molecule has 0 unspecified atom stereocenters. The number of para-hydroxylation sites is 1. The van der Waals surface area contributed by atoms with E-state index in [-0.39, 0.29) is 23.4 Å². The zero-order valence-electron chi connectivity index (χ0n) is 23.6. The highest BCUT2D eigenvalue weighted by molar-refractivity contribution is 5.96. The number of aromatic amines is 1. The number of fused-ring (bicyclic) bond motifs is 1. The number of carbonyl (C=O) groups excluding carboxylic acids is 2. The molecule has 0 radical (unpaired) electrons. The fourth-order valence-corrected chi connectivity index (χ4v) is 6.00.